The van der Waals surface area contributed by atoms with Crippen molar-refractivity contribution in [2.75, 3.05) is 11.9 Å². The number of esters is 1. The number of carbonyl (C=O) groups is 2. The van der Waals surface area contributed by atoms with E-state index in [9.17, 15) is 14.0 Å². The quantitative estimate of drug-likeness (QED) is 0.514. The zero-order chi connectivity index (χ0) is 21.5. The molecule has 1 aromatic carbocycles. The second-order valence-corrected chi connectivity index (χ2v) is 6.63. The average Bonchev–Trinajstić information content (AvgIpc) is 3.14. The summed E-state index contributed by atoms with van der Waals surface area (Å²) in [7, 11) is 0. The van der Waals surface area contributed by atoms with E-state index in [1.165, 1.54) is 12.1 Å². The van der Waals surface area contributed by atoms with Crippen LogP contribution < -0.4 is 10.6 Å². The van der Waals surface area contributed by atoms with E-state index in [1.807, 2.05) is 0 Å². The van der Waals surface area contributed by atoms with Crippen LogP contribution in [0.2, 0.25) is 0 Å². The van der Waals surface area contributed by atoms with Crippen molar-refractivity contribution >= 4 is 23.3 Å². The Bertz CT molecular complexity index is 1020. The number of hydrogen-bond donors (Lipinski definition) is 2. The van der Waals surface area contributed by atoms with Gasteiger partial charge < -0.3 is 15.4 Å². The standard InChI is InChI=1S/C20H23FN6O3/c1-3-30-20(29)13(2)23-19(28)11-10-18-25-24-17-9-8-16(26-27(17)18)22-12-14-4-6-15(21)7-5-14/h4-9,13H,3,10-12H2,1-2H3,(H,22,26)(H,23,28)/t13-/m0/s1. The zero-order valence-electron chi connectivity index (χ0n) is 16.8. The maximum atomic E-state index is 13.0. The van der Waals surface area contributed by atoms with Gasteiger partial charge in [-0.1, -0.05) is 12.1 Å². The van der Waals surface area contributed by atoms with E-state index < -0.39 is 12.0 Å². The van der Waals surface area contributed by atoms with Gasteiger partial charge in [-0.15, -0.1) is 15.3 Å². The average molecular weight is 414 g/mol. The summed E-state index contributed by atoms with van der Waals surface area (Å²) in [5, 5.41) is 18.4. The van der Waals surface area contributed by atoms with E-state index in [0.717, 1.165) is 5.56 Å². The summed E-state index contributed by atoms with van der Waals surface area (Å²) in [6.07, 6.45) is 0.427. The van der Waals surface area contributed by atoms with Gasteiger partial charge in [-0.3, -0.25) is 4.79 Å². The normalized spacial score (nSPS) is 11.8. The summed E-state index contributed by atoms with van der Waals surface area (Å²) in [6, 6.07) is 9.01. The summed E-state index contributed by atoms with van der Waals surface area (Å²) in [6.45, 7) is 4.01. The molecule has 0 fully saturated rings. The summed E-state index contributed by atoms with van der Waals surface area (Å²) in [5.41, 5.74) is 1.47. The van der Waals surface area contributed by atoms with Gasteiger partial charge in [-0.05, 0) is 43.7 Å². The summed E-state index contributed by atoms with van der Waals surface area (Å²) in [4.78, 5) is 23.7. The lowest BCUT2D eigenvalue weighted by atomic mass is 10.2. The number of benzene rings is 1. The molecule has 0 aliphatic rings. The van der Waals surface area contributed by atoms with E-state index in [2.05, 4.69) is 25.9 Å². The number of halogens is 1. The van der Waals surface area contributed by atoms with Crippen molar-refractivity contribution in [1.82, 2.24) is 25.1 Å². The third-order valence-electron chi connectivity index (χ3n) is 4.31. The van der Waals surface area contributed by atoms with Crippen molar-refractivity contribution in [2.24, 2.45) is 0 Å². The summed E-state index contributed by atoms with van der Waals surface area (Å²) >= 11 is 0. The second-order valence-electron chi connectivity index (χ2n) is 6.63. The van der Waals surface area contributed by atoms with Crippen LogP contribution in [0.4, 0.5) is 10.2 Å². The fourth-order valence-electron chi connectivity index (χ4n) is 2.74. The van der Waals surface area contributed by atoms with E-state index >= 15 is 0 Å². The van der Waals surface area contributed by atoms with Crippen LogP contribution in [0, 0.1) is 5.82 Å². The molecule has 0 unspecified atom stereocenters. The molecule has 0 radical (unpaired) electrons. The summed E-state index contributed by atoms with van der Waals surface area (Å²) in [5.74, 6) is 0.0611. The highest BCUT2D eigenvalue weighted by molar-refractivity contribution is 5.84. The van der Waals surface area contributed by atoms with Crippen LogP contribution in [0.25, 0.3) is 5.65 Å². The van der Waals surface area contributed by atoms with Crippen LogP contribution in [0.1, 0.15) is 31.7 Å². The molecule has 0 bridgehead atoms. The van der Waals surface area contributed by atoms with Crippen molar-refractivity contribution in [3.05, 3.63) is 53.6 Å². The molecule has 2 heterocycles. The fraction of sp³-hybridized carbons (Fsp3) is 0.350. The van der Waals surface area contributed by atoms with Gasteiger partial charge in [0.2, 0.25) is 5.91 Å². The number of rotatable bonds is 9. The minimum atomic E-state index is -0.715. The molecule has 0 saturated carbocycles. The van der Waals surface area contributed by atoms with Crippen LogP contribution in [0.15, 0.2) is 36.4 Å². The number of hydrogen-bond acceptors (Lipinski definition) is 7. The smallest absolute Gasteiger partial charge is 0.328 e. The highest BCUT2D eigenvalue weighted by Crippen LogP contribution is 2.11. The van der Waals surface area contributed by atoms with Crippen molar-refractivity contribution in [1.29, 1.82) is 0 Å². The van der Waals surface area contributed by atoms with Gasteiger partial charge in [0.25, 0.3) is 0 Å². The lowest BCUT2D eigenvalue weighted by Crippen LogP contribution is -2.39. The number of nitrogens with zero attached hydrogens (tertiary/aromatic N) is 4. The number of ether oxygens (including phenoxy) is 1. The number of amides is 1. The number of anilines is 1. The van der Waals surface area contributed by atoms with Crippen LogP contribution >= 0.6 is 0 Å². The van der Waals surface area contributed by atoms with Gasteiger partial charge in [-0.2, -0.15) is 4.52 Å². The Labute approximate surface area is 172 Å². The third kappa shape index (κ3) is 5.49. The zero-order valence-corrected chi connectivity index (χ0v) is 16.8. The fourth-order valence-corrected chi connectivity index (χ4v) is 2.74. The minimum Gasteiger partial charge on any atom is -0.464 e. The first-order valence-electron chi connectivity index (χ1n) is 9.62. The SMILES string of the molecule is CCOC(=O)[C@H](C)NC(=O)CCc1nnc2ccc(NCc3ccc(F)cc3)nn12. The van der Waals surface area contributed by atoms with Crippen LogP contribution in [-0.2, 0) is 27.3 Å². The molecule has 0 saturated heterocycles. The largest absolute Gasteiger partial charge is 0.464 e. The Morgan fingerprint density at radius 1 is 1.17 bits per heavy atom. The molecular weight excluding hydrogens is 391 g/mol. The van der Waals surface area contributed by atoms with Crippen molar-refractivity contribution < 1.29 is 18.7 Å². The predicted octanol–water partition coefficient (Wildman–Crippen LogP) is 1.88. The Morgan fingerprint density at radius 2 is 1.93 bits per heavy atom. The Kier molecular flexibility index (Phi) is 6.89. The van der Waals surface area contributed by atoms with E-state index in [0.29, 0.717) is 30.3 Å². The van der Waals surface area contributed by atoms with Crippen LogP contribution in [0.5, 0.6) is 0 Å². The second kappa shape index (κ2) is 9.77. The Balaban J connectivity index is 1.59. The molecule has 10 heteroatoms. The molecule has 2 aromatic heterocycles. The predicted molar refractivity (Wildman–Crippen MR) is 107 cm³/mol. The van der Waals surface area contributed by atoms with E-state index in [-0.39, 0.29) is 24.8 Å². The number of aryl methyl sites for hydroxylation is 1. The lowest BCUT2D eigenvalue weighted by molar-refractivity contribution is -0.146. The molecule has 30 heavy (non-hydrogen) atoms. The number of aromatic nitrogens is 4. The van der Waals surface area contributed by atoms with E-state index in [1.54, 1.807) is 42.6 Å². The molecule has 9 nitrogen and oxygen atoms in total. The number of fused-ring (bicyclic) bond motifs is 1. The van der Waals surface area contributed by atoms with Crippen molar-refractivity contribution in [2.45, 2.75) is 39.3 Å². The highest BCUT2D eigenvalue weighted by atomic mass is 19.1. The lowest BCUT2D eigenvalue weighted by Gasteiger charge is -2.12. The first kappa shape index (κ1) is 21.2. The molecular formula is C20H23FN6O3. The molecule has 1 amide bonds. The van der Waals surface area contributed by atoms with E-state index in [4.69, 9.17) is 4.74 Å². The molecule has 3 aromatic rings. The maximum absolute atomic E-state index is 13.0. The van der Waals surface area contributed by atoms with Gasteiger partial charge in [0.1, 0.15) is 17.7 Å². The van der Waals surface area contributed by atoms with Crippen molar-refractivity contribution in [3.8, 4) is 0 Å². The summed E-state index contributed by atoms with van der Waals surface area (Å²) < 4.78 is 19.4. The topological polar surface area (TPSA) is 111 Å². The molecule has 3 rings (SSSR count). The first-order valence-corrected chi connectivity index (χ1v) is 9.62. The highest BCUT2D eigenvalue weighted by Gasteiger charge is 2.17. The first-order chi connectivity index (χ1) is 14.5. The monoisotopic (exact) mass is 414 g/mol. The van der Waals surface area contributed by atoms with Gasteiger partial charge in [0.15, 0.2) is 11.5 Å². The molecule has 0 aliphatic heterocycles. The Morgan fingerprint density at radius 3 is 2.67 bits per heavy atom. The maximum Gasteiger partial charge on any atom is 0.328 e. The molecule has 2 N–H and O–H groups in total. The molecule has 1 atom stereocenters. The number of carbonyl (C=O) groups excluding carboxylic acids is 2. The minimum absolute atomic E-state index is 0.124. The van der Waals surface area contributed by atoms with Crippen LogP contribution in [-0.4, -0.2) is 44.3 Å². The Hall–Kier alpha value is -3.56. The molecule has 0 spiro atoms. The van der Waals surface area contributed by atoms with Gasteiger partial charge in [0.05, 0.1) is 6.61 Å². The van der Waals surface area contributed by atoms with Crippen molar-refractivity contribution in [3.63, 3.8) is 0 Å². The van der Waals surface area contributed by atoms with Gasteiger partial charge >= 0.3 is 5.97 Å². The third-order valence-corrected chi connectivity index (χ3v) is 4.31. The number of nitrogens with one attached hydrogen (secondary N) is 2. The van der Waals surface area contributed by atoms with Crippen LogP contribution in [0.3, 0.4) is 0 Å². The van der Waals surface area contributed by atoms with Gasteiger partial charge in [-0.25, -0.2) is 9.18 Å². The van der Waals surface area contributed by atoms with Gasteiger partial charge in [0, 0.05) is 19.4 Å². The molecule has 158 valence electrons. The molecule has 0 aliphatic carbocycles.